The van der Waals surface area contributed by atoms with E-state index in [0.717, 1.165) is 23.0 Å². The minimum absolute atomic E-state index is 0.515. The highest BCUT2D eigenvalue weighted by Crippen LogP contribution is 2.26. The summed E-state index contributed by atoms with van der Waals surface area (Å²) in [6.45, 7) is 2.72. The van der Waals surface area contributed by atoms with Crippen molar-refractivity contribution in [3.8, 4) is 5.75 Å². The molecule has 1 unspecified atom stereocenters. The van der Waals surface area contributed by atoms with Gasteiger partial charge in [0.15, 0.2) is 6.10 Å². The minimum Gasteiger partial charge on any atom is -0.479 e. The van der Waals surface area contributed by atoms with E-state index in [0.29, 0.717) is 18.2 Å². The minimum atomic E-state index is -0.910. The maximum Gasteiger partial charge on any atom is 0.344 e. The zero-order valence-electron chi connectivity index (χ0n) is 11.6. The fourth-order valence-corrected chi connectivity index (χ4v) is 2.35. The predicted octanol–water partition coefficient (Wildman–Crippen LogP) is 3.33. The van der Waals surface area contributed by atoms with Crippen LogP contribution in [0.25, 0.3) is 0 Å². The van der Waals surface area contributed by atoms with Crippen molar-refractivity contribution < 1.29 is 14.6 Å². The van der Waals surface area contributed by atoms with Gasteiger partial charge in [-0.25, -0.2) is 4.79 Å². The van der Waals surface area contributed by atoms with E-state index in [-0.39, 0.29) is 0 Å². The van der Waals surface area contributed by atoms with Crippen LogP contribution in [0, 0.1) is 0 Å². The van der Waals surface area contributed by atoms with Crippen LogP contribution in [0.5, 0.6) is 5.75 Å². The molecule has 4 nitrogen and oxygen atoms in total. The fourth-order valence-electron chi connectivity index (χ4n) is 1.96. The molecule has 1 atom stereocenters. The molecule has 0 aliphatic heterocycles. The monoisotopic (exact) mass is 341 g/mol. The number of benzene rings is 1. The van der Waals surface area contributed by atoms with Gasteiger partial charge in [0.05, 0.1) is 0 Å². The van der Waals surface area contributed by atoms with Crippen LogP contribution in [-0.4, -0.2) is 23.2 Å². The van der Waals surface area contributed by atoms with Crippen LogP contribution >= 0.6 is 15.9 Å². The van der Waals surface area contributed by atoms with Crippen molar-refractivity contribution in [3.63, 3.8) is 0 Å². The lowest BCUT2D eigenvalue weighted by atomic mass is 10.2. The number of nitrogens with one attached hydrogen (secondary N) is 1. The molecule has 1 aromatic carbocycles. The zero-order valence-corrected chi connectivity index (χ0v) is 13.1. The second kappa shape index (κ2) is 7.09. The summed E-state index contributed by atoms with van der Waals surface area (Å²) in [5, 5.41) is 12.6. The van der Waals surface area contributed by atoms with Crippen molar-refractivity contribution in [2.75, 3.05) is 0 Å². The predicted molar refractivity (Wildman–Crippen MR) is 81.0 cm³/mol. The smallest absolute Gasteiger partial charge is 0.344 e. The first-order chi connectivity index (χ1) is 9.60. The van der Waals surface area contributed by atoms with Crippen molar-refractivity contribution in [2.45, 2.75) is 51.3 Å². The summed E-state index contributed by atoms with van der Waals surface area (Å²) < 4.78 is 6.60. The highest BCUT2D eigenvalue weighted by atomic mass is 79.9. The zero-order chi connectivity index (χ0) is 14.5. The van der Waals surface area contributed by atoms with E-state index in [2.05, 4.69) is 21.2 Å². The third-order valence-corrected chi connectivity index (χ3v) is 4.05. The Labute approximate surface area is 127 Å². The Morgan fingerprint density at radius 2 is 2.30 bits per heavy atom. The van der Waals surface area contributed by atoms with Crippen LogP contribution < -0.4 is 10.1 Å². The Hall–Kier alpha value is -1.07. The second-order valence-electron chi connectivity index (χ2n) is 5.14. The highest BCUT2D eigenvalue weighted by Gasteiger charge is 2.21. The van der Waals surface area contributed by atoms with E-state index in [1.165, 1.54) is 12.8 Å². The summed E-state index contributed by atoms with van der Waals surface area (Å²) in [5.74, 6) is -0.297. The van der Waals surface area contributed by atoms with E-state index in [9.17, 15) is 4.79 Å². The molecule has 0 bridgehead atoms. The van der Waals surface area contributed by atoms with Gasteiger partial charge in [0.2, 0.25) is 0 Å². The molecule has 1 aliphatic carbocycles. The highest BCUT2D eigenvalue weighted by molar-refractivity contribution is 9.10. The molecule has 2 N–H and O–H groups in total. The van der Waals surface area contributed by atoms with Crippen LogP contribution in [0.3, 0.4) is 0 Å². The number of aliphatic carboxylic acids is 1. The van der Waals surface area contributed by atoms with Crippen molar-refractivity contribution in [1.82, 2.24) is 5.32 Å². The number of rotatable bonds is 8. The molecule has 0 spiro atoms. The first kappa shape index (κ1) is 15.3. The van der Waals surface area contributed by atoms with Gasteiger partial charge in [0.1, 0.15) is 5.75 Å². The Morgan fingerprint density at radius 3 is 2.90 bits per heavy atom. The first-order valence-electron chi connectivity index (χ1n) is 7.01. The molecular formula is C15H20BrNO3. The molecule has 2 rings (SSSR count). The second-order valence-corrected chi connectivity index (χ2v) is 6.00. The first-order valence-corrected chi connectivity index (χ1v) is 7.80. The van der Waals surface area contributed by atoms with Gasteiger partial charge in [-0.1, -0.05) is 29.3 Å². The number of carbonyl (C=O) groups is 1. The van der Waals surface area contributed by atoms with Gasteiger partial charge in [-0.15, -0.1) is 0 Å². The van der Waals surface area contributed by atoms with Crippen LogP contribution in [0.1, 0.15) is 38.2 Å². The summed E-state index contributed by atoms with van der Waals surface area (Å²) in [6, 6.07) is 6.25. The largest absolute Gasteiger partial charge is 0.479 e. The lowest BCUT2D eigenvalue weighted by Gasteiger charge is -2.16. The van der Waals surface area contributed by atoms with Gasteiger partial charge in [0.25, 0.3) is 0 Å². The Bertz CT molecular complexity index is 474. The van der Waals surface area contributed by atoms with E-state index in [4.69, 9.17) is 9.84 Å². The molecule has 1 fully saturated rings. The molecule has 5 heteroatoms. The molecule has 1 aromatic rings. The Balaban J connectivity index is 2.02. The molecule has 1 aliphatic rings. The van der Waals surface area contributed by atoms with E-state index >= 15 is 0 Å². The van der Waals surface area contributed by atoms with Gasteiger partial charge >= 0.3 is 5.97 Å². The summed E-state index contributed by atoms with van der Waals surface area (Å²) in [6.07, 6.45) is 3.01. The molecule has 1 saturated carbocycles. The van der Waals surface area contributed by atoms with Gasteiger partial charge in [-0.3, -0.25) is 0 Å². The lowest BCUT2D eigenvalue weighted by molar-refractivity contribution is -0.145. The molecule has 110 valence electrons. The average Bonchev–Trinajstić information content (AvgIpc) is 3.22. The third-order valence-electron chi connectivity index (χ3n) is 3.28. The van der Waals surface area contributed by atoms with Gasteiger partial charge in [-0.05, 0) is 43.0 Å². The molecule has 0 radical (unpaired) electrons. The van der Waals surface area contributed by atoms with E-state index < -0.39 is 12.1 Å². The summed E-state index contributed by atoms with van der Waals surface area (Å²) >= 11 is 3.51. The molecule has 0 amide bonds. The number of hydrogen-bond acceptors (Lipinski definition) is 3. The van der Waals surface area contributed by atoms with Crippen LogP contribution in [0.2, 0.25) is 0 Å². The Morgan fingerprint density at radius 1 is 1.55 bits per heavy atom. The normalized spacial score (nSPS) is 15.9. The third kappa shape index (κ3) is 4.49. The van der Waals surface area contributed by atoms with Crippen molar-refractivity contribution in [3.05, 3.63) is 28.2 Å². The van der Waals surface area contributed by atoms with Gasteiger partial charge in [0, 0.05) is 17.1 Å². The van der Waals surface area contributed by atoms with Gasteiger partial charge in [-0.2, -0.15) is 0 Å². The van der Waals surface area contributed by atoms with Crippen LogP contribution in [0.4, 0.5) is 0 Å². The molecule has 0 heterocycles. The molecule has 0 saturated heterocycles. The van der Waals surface area contributed by atoms with Crippen molar-refractivity contribution in [2.24, 2.45) is 0 Å². The van der Waals surface area contributed by atoms with Gasteiger partial charge < -0.3 is 15.2 Å². The summed E-state index contributed by atoms with van der Waals surface area (Å²) in [4.78, 5) is 11.1. The van der Waals surface area contributed by atoms with Crippen LogP contribution in [0.15, 0.2) is 22.7 Å². The number of ether oxygens (including phenoxy) is 1. The average molecular weight is 342 g/mol. The standard InChI is InChI=1S/C15H20BrNO3/c1-2-3-14(15(18)19)20-12-6-7-13(16)10(8-12)9-17-11-4-5-11/h6-8,11,14,17H,2-5,9H2,1H3,(H,18,19). The van der Waals surface area contributed by atoms with E-state index in [1.807, 2.05) is 19.1 Å². The number of carboxylic acid groups (broad SMARTS) is 1. The summed E-state index contributed by atoms with van der Waals surface area (Å²) in [7, 11) is 0. The molecule has 0 aromatic heterocycles. The summed E-state index contributed by atoms with van der Waals surface area (Å²) in [5.41, 5.74) is 1.09. The quantitative estimate of drug-likeness (QED) is 0.761. The molecule has 20 heavy (non-hydrogen) atoms. The topological polar surface area (TPSA) is 58.6 Å². The maximum absolute atomic E-state index is 11.1. The Kier molecular flexibility index (Phi) is 5.43. The lowest BCUT2D eigenvalue weighted by Crippen LogP contribution is -2.26. The van der Waals surface area contributed by atoms with E-state index in [1.54, 1.807) is 6.07 Å². The number of hydrogen-bond donors (Lipinski definition) is 2. The molecular weight excluding hydrogens is 322 g/mol. The van der Waals surface area contributed by atoms with Crippen LogP contribution in [-0.2, 0) is 11.3 Å². The SMILES string of the molecule is CCCC(Oc1ccc(Br)c(CNC2CC2)c1)C(=O)O. The van der Waals surface area contributed by atoms with Crippen molar-refractivity contribution >= 4 is 21.9 Å². The number of halogens is 1. The number of carboxylic acids is 1. The maximum atomic E-state index is 11.1. The van der Waals surface area contributed by atoms with Crippen molar-refractivity contribution in [1.29, 1.82) is 0 Å². The fraction of sp³-hybridized carbons (Fsp3) is 0.533.